The van der Waals surface area contributed by atoms with Crippen molar-refractivity contribution in [3.8, 4) is 27.9 Å². The molecule has 1 nitrogen and oxygen atoms in total. The minimum Gasteiger partial charge on any atom is -0.309 e. The van der Waals surface area contributed by atoms with Gasteiger partial charge in [0.15, 0.2) is 0 Å². The van der Waals surface area contributed by atoms with Crippen LogP contribution in [0.2, 0.25) is 0 Å². The van der Waals surface area contributed by atoms with Crippen LogP contribution in [0.3, 0.4) is 0 Å². The summed E-state index contributed by atoms with van der Waals surface area (Å²) in [5.41, 5.74) is 12.5. The van der Waals surface area contributed by atoms with Crippen molar-refractivity contribution < 1.29 is 0 Å². The van der Waals surface area contributed by atoms with Gasteiger partial charge in [-0.3, -0.25) is 0 Å². The van der Waals surface area contributed by atoms with Crippen molar-refractivity contribution >= 4 is 27.4 Å². The van der Waals surface area contributed by atoms with Crippen molar-refractivity contribution in [1.29, 1.82) is 0 Å². The first kappa shape index (κ1) is 22.6. The van der Waals surface area contributed by atoms with Crippen LogP contribution in [-0.2, 0) is 0 Å². The molecule has 1 heteroatoms. The first-order chi connectivity index (χ1) is 18.7. The van der Waals surface area contributed by atoms with Gasteiger partial charge in [-0.05, 0) is 89.6 Å². The van der Waals surface area contributed by atoms with E-state index in [1.165, 1.54) is 66.4 Å². The molecule has 1 aliphatic carbocycles. The van der Waals surface area contributed by atoms with E-state index in [4.69, 9.17) is 0 Å². The molecule has 0 radical (unpaired) electrons. The van der Waals surface area contributed by atoms with Gasteiger partial charge in [-0.25, -0.2) is 0 Å². The lowest BCUT2D eigenvalue weighted by atomic mass is 9.95. The minimum atomic E-state index is 1.09. The minimum absolute atomic E-state index is 1.09. The number of hydrogen-bond acceptors (Lipinski definition) is 0. The van der Waals surface area contributed by atoms with E-state index in [0.29, 0.717) is 0 Å². The van der Waals surface area contributed by atoms with Gasteiger partial charge in [0, 0.05) is 16.5 Å². The number of fused-ring (bicyclic) bond motifs is 3. The van der Waals surface area contributed by atoms with Gasteiger partial charge in [0.1, 0.15) is 0 Å². The van der Waals surface area contributed by atoms with Gasteiger partial charge in [-0.1, -0.05) is 103 Å². The summed E-state index contributed by atoms with van der Waals surface area (Å²) in [5.74, 6) is 0. The molecule has 0 saturated heterocycles. The molecule has 0 atom stereocenters. The number of allylic oxidation sites excluding steroid dienone is 4. The Balaban J connectivity index is 1.48. The Kier molecular flexibility index (Phi) is 5.56. The highest BCUT2D eigenvalue weighted by atomic mass is 15.0. The van der Waals surface area contributed by atoms with Crippen LogP contribution in [0.25, 0.3) is 55.3 Å². The predicted octanol–water partition coefficient (Wildman–Crippen LogP) is 10.2. The molecule has 6 aromatic rings. The molecule has 0 unspecified atom stereocenters. The summed E-state index contributed by atoms with van der Waals surface area (Å²) in [4.78, 5) is 0. The SMILES string of the molecule is Cc1ccc(-c2ccc3c(c2)c2ccccc2n3-c2cc(C3=CCCC=C3)cc(-c3ccccc3)c2)cc1. The number of hydrogen-bond donors (Lipinski definition) is 0. The predicted molar refractivity (Wildman–Crippen MR) is 163 cm³/mol. The van der Waals surface area contributed by atoms with Crippen molar-refractivity contribution in [3.05, 3.63) is 145 Å². The molecule has 5 aromatic carbocycles. The third-order valence-electron chi connectivity index (χ3n) is 7.67. The maximum atomic E-state index is 2.44. The Morgan fingerprint density at radius 2 is 1.24 bits per heavy atom. The molecular formula is C37H29N. The molecule has 0 aliphatic heterocycles. The molecule has 1 aliphatic rings. The Morgan fingerprint density at radius 3 is 2.05 bits per heavy atom. The molecule has 0 amide bonds. The fraction of sp³-hybridized carbons (Fsp3) is 0.0811. The van der Waals surface area contributed by atoms with Crippen LogP contribution >= 0.6 is 0 Å². The monoisotopic (exact) mass is 487 g/mol. The van der Waals surface area contributed by atoms with Gasteiger partial charge in [0.2, 0.25) is 0 Å². The largest absolute Gasteiger partial charge is 0.309 e. The third kappa shape index (κ3) is 3.97. The Morgan fingerprint density at radius 1 is 0.526 bits per heavy atom. The second kappa shape index (κ2) is 9.36. The van der Waals surface area contributed by atoms with E-state index in [1.54, 1.807) is 0 Å². The highest BCUT2D eigenvalue weighted by Crippen LogP contribution is 2.37. The van der Waals surface area contributed by atoms with Crippen molar-refractivity contribution in [2.45, 2.75) is 19.8 Å². The maximum absolute atomic E-state index is 2.44. The highest BCUT2D eigenvalue weighted by Gasteiger charge is 2.15. The van der Waals surface area contributed by atoms with E-state index < -0.39 is 0 Å². The van der Waals surface area contributed by atoms with Gasteiger partial charge in [0.05, 0.1) is 11.0 Å². The van der Waals surface area contributed by atoms with Crippen molar-refractivity contribution in [3.63, 3.8) is 0 Å². The fourth-order valence-electron chi connectivity index (χ4n) is 5.71. The number of rotatable bonds is 4. The van der Waals surface area contributed by atoms with Gasteiger partial charge in [-0.15, -0.1) is 0 Å². The van der Waals surface area contributed by atoms with Crippen molar-refractivity contribution in [2.75, 3.05) is 0 Å². The first-order valence-electron chi connectivity index (χ1n) is 13.4. The van der Waals surface area contributed by atoms with E-state index in [0.717, 1.165) is 12.8 Å². The molecule has 0 bridgehead atoms. The third-order valence-corrected chi connectivity index (χ3v) is 7.67. The van der Waals surface area contributed by atoms with Crippen LogP contribution < -0.4 is 0 Å². The molecule has 182 valence electrons. The Hall–Kier alpha value is -4.62. The van der Waals surface area contributed by atoms with Crippen LogP contribution in [0.4, 0.5) is 0 Å². The standard InChI is InChI=1S/C37H29N/c1-26-16-18-29(19-17-26)30-20-21-37-35(25-30)34-14-8-9-15-36(34)38(37)33-23-31(27-10-4-2-5-11-27)22-32(24-33)28-12-6-3-7-13-28/h2,4-6,8-25H,3,7H2,1H3. The smallest absolute Gasteiger partial charge is 0.0541 e. The second-order valence-electron chi connectivity index (χ2n) is 10.2. The van der Waals surface area contributed by atoms with Crippen molar-refractivity contribution in [1.82, 2.24) is 4.57 Å². The summed E-state index contributed by atoms with van der Waals surface area (Å²) in [7, 11) is 0. The van der Waals surface area contributed by atoms with Crippen LogP contribution in [0.1, 0.15) is 24.0 Å². The maximum Gasteiger partial charge on any atom is 0.0541 e. The van der Waals surface area contributed by atoms with Crippen LogP contribution in [0, 0.1) is 6.92 Å². The number of para-hydroxylation sites is 1. The average Bonchev–Trinajstić information content (AvgIpc) is 3.32. The molecule has 1 heterocycles. The number of aryl methyl sites for hydroxylation is 1. The molecule has 0 fully saturated rings. The first-order valence-corrected chi connectivity index (χ1v) is 13.4. The van der Waals surface area contributed by atoms with Gasteiger partial charge >= 0.3 is 0 Å². The lowest BCUT2D eigenvalue weighted by molar-refractivity contribution is 1.04. The van der Waals surface area contributed by atoms with E-state index >= 15 is 0 Å². The van der Waals surface area contributed by atoms with E-state index in [9.17, 15) is 0 Å². The summed E-state index contributed by atoms with van der Waals surface area (Å²) >= 11 is 0. The lowest BCUT2D eigenvalue weighted by Crippen LogP contribution is -1.97. The number of aromatic nitrogens is 1. The summed E-state index contributed by atoms with van der Waals surface area (Å²) < 4.78 is 2.44. The van der Waals surface area contributed by atoms with Crippen LogP contribution in [-0.4, -0.2) is 4.57 Å². The molecule has 0 saturated carbocycles. The van der Waals surface area contributed by atoms with Crippen molar-refractivity contribution in [2.24, 2.45) is 0 Å². The van der Waals surface area contributed by atoms with E-state index in [2.05, 4.69) is 145 Å². The van der Waals surface area contributed by atoms with Crippen LogP contribution in [0.15, 0.2) is 133 Å². The quantitative estimate of drug-likeness (QED) is 0.233. The van der Waals surface area contributed by atoms with Gasteiger partial charge in [-0.2, -0.15) is 0 Å². The van der Waals surface area contributed by atoms with Gasteiger partial charge < -0.3 is 4.57 Å². The molecule has 7 rings (SSSR count). The topological polar surface area (TPSA) is 4.93 Å². The molecule has 0 N–H and O–H groups in total. The molecule has 0 spiro atoms. The lowest BCUT2D eigenvalue weighted by Gasteiger charge is -2.15. The zero-order valence-corrected chi connectivity index (χ0v) is 21.6. The normalized spacial score (nSPS) is 13.2. The number of nitrogens with zero attached hydrogens (tertiary/aromatic N) is 1. The van der Waals surface area contributed by atoms with Crippen LogP contribution in [0.5, 0.6) is 0 Å². The van der Waals surface area contributed by atoms with E-state index in [1.807, 2.05) is 0 Å². The second-order valence-corrected chi connectivity index (χ2v) is 10.2. The molecule has 1 aromatic heterocycles. The average molecular weight is 488 g/mol. The van der Waals surface area contributed by atoms with E-state index in [-0.39, 0.29) is 0 Å². The molecule has 38 heavy (non-hydrogen) atoms. The zero-order chi connectivity index (χ0) is 25.5. The Bertz CT molecular complexity index is 1850. The number of benzene rings is 5. The summed E-state index contributed by atoms with van der Waals surface area (Å²) in [6.45, 7) is 2.14. The summed E-state index contributed by atoms with van der Waals surface area (Å²) in [6.07, 6.45) is 9.14. The fourth-order valence-corrected chi connectivity index (χ4v) is 5.71. The summed E-state index contributed by atoms with van der Waals surface area (Å²) in [5, 5.41) is 2.56. The zero-order valence-electron chi connectivity index (χ0n) is 21.6. The highest BCUT2D eigenvalue weighted by molar-refractivity contribution is 6.10. The Labute approximate surface area is 224 Å². The molecular weight excluding hydrogens is 458 g/mol. The summed E-state index contributed by atoms with van der Waals surface area (Å²) in [6, 6.07) is 42.3. The van der Waals surface area contributed by atoms with Gasteiger partial charge in [0.25, 0.3) is 0 Å².